The normalized spacial score (nSPS) is 10.8. The fourth-order valence-electron chi connectivity index (χ4n) is 2.18. The van der Waals surface area contributed by atoms with Crippen LogP contribution in [-0.2, 0) is 0 Å². The van der Waals surface area contributed by atoms with Crippen molar-refractivity contribution in [3.05, 3.63) is 82.1 Å². The lowest BCUT2D eigenvalue weighted by molar-refractivity contribution is -0.384. The summed E-state index contributed by atoms with van der Waals surface area (Å²) in [4.78, 5) is 20.9. The van der Waals surface area contributed by atoms with Crippen LogP contribution in [0.4, 0.5) is 11.4 Å². The summed E-state index contributed by atoms with van der Waals surface area (Å²) in [5.41, 5.74) is 4.16. The Hall–Kier alpha value is -3.94. The average molecular weight is 350 g/mol. The number of non-ortho nitro benzene ring substituents is 1. The van der Waals surface area contributed by atoms with E-state index in [0.717, 1.165) is 0 Å². The maximum Gasteiger partial charge on any atom is 0.269 e. The van der Waals surface area contributed by atoms with Crippen LogP contribution in [0.2, 0.25) is 0 Å². The molecule has 0 spiro atoms. The van der Waals surface area contributed by atoms with Gasteiger partial charge in [-0.15, -0.1) is 0 Å². The van der Waals surface area contributed by atoms with Gasteiger partial charge in [-0.05, 0) is 42.0 Å². The molecule has 1 N–H and O–H groups in total. The van der Waals surface area contributed by atoms with E-state index in [2.05, 4.69) is 10.5 Å². The van der Waals surface area contributed by atoms with E-state index in [1.165, 1.54) is 30.5 Å². The number of carboxylic acids is 1. The molecule has 0 amide bonds. The highest BCUT2D eigenvalue weighted by atomic mass is 16.6. The van der Waals surface area contributed by atoms with E-state index in [-0.39, 0.29) is 11.3 Å². The number of carbonyl (C=O) groups excluding carboxylic acids is 1. The lowest BCUT2D eigenvalue weighted by Crippen LogP contribution is -2.21. The van der Waals surface area contributed by atoms with E-state index < -0.39 is 10.9 Å². The molecule has 0 saturated carbocycles. The van der Waals surface area contributed by atoms with E-state index in [9.17, 15) is 20.0 Å². The first-order chi connectivity index (χ1) is 12.5. The van der Waals surface area contributed by atoms with Crippen molar-refractivity contribution in [1.29, 1.82) is 0 Å². The number of rotatable bonds is 6. The summed E-state index contributed by atoms with van der Waals surface area (Å²) in [6.07, 6.45) is 1.46. The topological polar surface area (TPSA) is 121 Å². The fourth-order valence-corrected chi connectivity index (χ4v) is 2.18. The van der Waals surface area contributed by atoms with Crippen LogP contribution in [0.25, 0.3) is 11.3 Å². The van der Waals surface area contributed by atoms with E-state index in [1.807, 2.05) is 0 Å². The van der Waals surface area contributed by atoms with Gasteiger partial charge < -0.3 is 14.3 Å². The lowest BCUT2D eigenvalue weighted by Gasteiger charge is -2.03. The Kier molecular flexibility index (Phi) is 4.75. The molecule has 2 aromatic carbocycles. The predicted molar refractivity (Wildman–Crippen MR) is 92.8 cm³/mol. The maximum atomic E-state index is 10.7. The molecule has 1 heterocycles. The minimum atomic E-state index is -1.24. The number of nitrogens with one attached hydrogen (secondary N) is 1. The second-order valence-electron chi connectivity index (χ2n) is 5.24. The van der Waals surface area contributed by atoms with Gasteiger partial charge in [0.05, 0.1) is 22.8 Å². The summed E-state index contributed by atoms with van der Waals surface area (Å²) in [5, 5.41) is 25.4. The number of hydrogen-bond acceptors (Lipinski definition) is 7. The summed E-state index contributed by atoms with van der Waals surface area (Å²) in [5.74, 6) is -0.203. The first kappa shape index (κ1) is 16.9. The summed E-state index contributed by atoms with van der Waals surface area (Å²) in [6, 6.07) is 15.4. The van der Waals surface area contributed by atoms with Gasteiger partial charge >= 0.3 is 0 Å². The number of nitrogens with zero attached hydrogens (tertiary/aromatic N) is 2. The van der Waals surface area contributed by atoms with E-state index in [4.69, 9.17) is 4.42 Å². The van der Waals surface area contributed by atoms with Gasteiger partial charge in [-0.25, -0.2) is 0 Å². The number of nitro groups is 1. The van der Waals surface area contributed by atoms with Gasteiger partial charge in [0.2, 0.25) is 0 Å². The number of carbonyl (C=O) groups is 1. The Labute approximate surface area is 147 Å². The van der Waals surface area contributed by atoms with Gasteiger partial charge in [-0.1, -0.05) is 12.1 Å². The number of furan rings is 1. The number of aromatic carboxylic acids is 1. The van der Waals surface area contributed by atoms with E-state index in [0.29, 0.717) is 22.8 Å². The molecule has 0 saturated heterocycles. The molecule has 0 radical (unpaired) electrons. The number of carboxylic acid groups (broad SMARTS) is 1. The molecule has 0 unspecified atom stereocenters. The number of hydrazone groups is 1. The van der Waals surface area contributed by atoms with Crippen LogP contribution in [0, 0.1) is 10.1 Å². The zero-order valence-corrected chi connectivity index (χ0v) is 13.3. The number of benzene rings is 2. The summed E-state index contributed by atoms with van der Waals surface area (Å²) >= 11 is 0. The highest BCUT2D eigenvalue weighted by Gasteiger charge is 2.07. The highest BCUT2D eigenvalue weighted by molar-refractivity contribution is 5.86. The fraction of sp³-hybridized carbons (Fsp3) is 0. The van der Waals surface area contributed by atoms with Crippen LogP contribution in [-0.4, -0.2) is 17.1 Å². The van der Waals surface area contributed by atoms with Crippen LogP contribution in [0.3, 0.4) is 0 Å². The lowest BCUT2D eigenvalue weighted by atomic mass is 10.1. The van der Waals surface area contributed by atoms with E-state index in [1.54, 1.807) is 36.4 Å². The standard InChI is InChI=1S/C18H13N3O5/c22-18(23)13-1-5-14(6-2-13)20-19-11-16-9-10-17(26-16)12-3-7-15(8-4-12)21(24)25/h1-11,20H,(H,22,23)/p-1/b19-11-. The molecular formula is C18H12N3O5-. The predicted octanol–water partition coefficient (Wildman–Crippen LogP) is 2.66. The SMILES string of the molecule is O=C([O-])c1ccc(N/N=C\c2ccc(-c3ccc([N+](=O)[O-])cc3)o2)cc1. The quantitative estimate of drug-likeness (QED) is 0.414. The second-order valence-corrected chi connectivity index (χ2v) is 5.24. The van der Waals surface area contributed by atoms with Gasteiger partial charge in [0.1, 0.15) is 11.5 Å². The zero-order chi connectivity index (χ0) is 18.5. The molecule has 0 bridgehead atoms. The molecule has 8 heteroatoms. The molecule has 8 nitrogen and oxygen atoms in total. The van der Waals surface area contributed by atoms with Crippen molar-refractivity contribution in [2.75, 3.05) is 5.43 Å². The largest absolute Gasteiger partial charge is 0.545 e. The minimum Gasteiger partial charge on any atom is -0.545 e. The molecule has 0 aliphatic rings. The molecule has 0 aliphatic carbocycles. The van der Waals surface area contributed by atoms with Crippen LogP contribution >= 0.6 is 0 Å². The Balaban J connectivity index is 1.65. The molecule has 26 heavy (non-hydrogen) atoms. The van der Waals surface area contributed by atoms with Crippen LogP contribution in [0.1, 0.15) is 16.1 Å². The number of hydrogen-bond donors (Lipinski definition) is 1. The van der Waals surface area contributed by atoms with Crippen molar-refractivity contribution in [2.24, 2.45) is 5.10 Å². The third-order valence-corrected chi connectivity index (χ3v) is 3.50. The molecular weight excluding hydrogens is 338 g/mol. The van der Waals surface area contributed by atoms with Gasteiger partial charge in [-0.2, -0.15) is 5.10 Å². The Bertz CT molecular complexity index is 959. The zero-order valence-electron chi connectivity index (χ0n) is 13.3. The van der Waals surface area contributed by atoms with Crippen LogP contribution in [0.15, 0.2) is 70.2 Å². The second kappa shape index (κ2) is 7.31. The van der Waals surface area contributed by atoms with Gasteiger partial charge in [-0.3, -0.25) is 15.5 Å². The third-order valence-electron chi connectivity index (χ3n) is 3.50. The maximum absolute atomic E-state index is 10.7. The molecule has 0 atom stereocenters. The highest BCUT2D eigenvalue weighted by Crippen LogP contribution is 2.24. The monoisotopic (exact) mass is 350 g/mol. The van der Waals surface area contributed by atoms with Crippen LogP contribution < -0.4 is 10.5 Å². The Morgan fingerprint density at radius 1 is 1.04 bits per heavy atom. The van der Waals surface area contributed by atoms with Gasteiger partial charge in [0, 0.05) is 17.7 Å². The van der Waals surface area contributed by atoms with Crippen LogP contribution in [0.5, 0.6) is 0 Å². The van der Waals surface area contributed by atoms with Crippen molar-refractivity contribution in [1.82, 2.24) is 0 Å². The molecule has 3 aromatic rings. The Morgan fingerprint density at radius 3 is 2.35 bits per heavy atom. The molecule has 130 valence electrons. The summed E-state index contributed by atoms with van der Waals surface area (Å²) in [7, 11) is 0. The van der Waals surface area contributed by atoms with Crippen molar-refractivity contribution in [3.63, 3.8) is 0 Å². The summed E-state index contributed by atoms with van der Waals surface area (Å²) in [6.45, 7) is 0. The van der Waals surface area contributed by atoms with Crippen molar-refractivity contribution in [3.8, 4) is 11.3 Å². The minimum absolute atomic E-state index is 0.0102. The third kappa shape index (κ3) is 3.93. The number of anilines is 1. The first-order valence-corrected chi connectivity index (χ1v) is 7.48. The first-order valence-electron chi connectivity index (χ1n) is 7.48. The van der Waals surface area contributed by atoms with Crippen molar-refractivity contribution >= 4 is 23.6 Å². The molecule has 0 aliphatic heterocycles. The van der Waals surface area contributed by atoms with Gasteiger partial charge in [0.15, 0.2) is 0 Å². The number of nitro benzene ring substituents is 1. The van der Waals surface area contributed by atoms with Crippen molar-refractivity contribution < 1.29 is 19.2 Å². The van der Waals surface area contributed by atoms with Gasteiger partial charge in [0.25, 0.3) is 5.69 Å². The molecule has 1 aromatic heterocycles. The Morgan fingerprint density at radius 2 is 1.73 bits per heavy atom. The molecule has 0 fully saturated rings. The van der Waals surface area contributed by atoms with E-state index >= 15 is 0 Å². The summed E-state index contributed by atoms with van der Waals surface area (Å²) < 4.78 is 5.61. The smallest absolute Gasteiger partial charge is 0.269 e. The molecule has 3 rings (SSSR count). The van der Waals surface area contributed by atoms with Crippen molar-refractivity contribution in [2.45, 2.75) is 0 Å². The average Bonchev–Trinajstić information content (AvgIpc) is 3.11.